The molecule has 1 N–H and O–H groups in total. The maximum absolute atomic E-state index is 13.5. The van der Waals surface area contributed by atoms with E-state index < -0.39 is 27.4 Å². The third-order valence-corrected chi connectivity index (χ3v) is 7.22. The molecule has 9 nitrogen and oxygen atoms in total. The number of amides is 1. The number of halogens is 1. The third kappa shape index (κ3) is 5.72. The largest absolute Gasteiger partial charge is 0.494 e. The number of nitrogens with zero attached hydrogens (tertiary/aromatic N) is 2. The van der Waals surface area contributed by atoms with Crippen LogP contribution in [0.5, 0.6) is 5.75 Å². The van der Waals surface area contributed by atoms with Gasteiger partial charge in [-0.1, -0.05) is 22.0 Å². The second-order valence-corrected chi connectivity index (χ2v) is 9.93. The van der Waals surface area contributed by atoms with Crippen LogP contribution in [-0.4, -0.2) is 32.4 Å². The van der Waals surface area contributed by atoms with Crippen molar-refractivity contribution in [2.75, 3.05) is 22.8 Å². The lowest BCUT2D eigenvalue weighted by molar-refractivity contribution is -0.385. The minimum atomic E-state index is -4.11. The third-order valence-electron chi connectivity index (χ3n) is 4.90. The lowest BCUT2D eigenvalue weighted by Crippen LogP contribution is -2.38. The Balaban J connectivity index is 1.95. The fourth-order valence-corrected chi connectivity index (χ4v) is 4.89. The van der Waals surface area contributed by atoms with Crippen molar-refractivity contribution in [1.29, 1.82) is 0 Å². The van der Waals surface area contributed by atoms with Crippen LogP contribution in [0.1, 0.15) is 12.5 Å². The normalized spacial score (nSPS) is 11.0. The number of hydrogen-bond acceptors (Lipinski definition) is 6. The van der Waals surface area contributed by atoms with Gasteiger partial charge in [0.15, 0.2) is 0 Å². The second-order valence-electron chi connectivity index (χ2n) is 7.15. The van der Waals surface area contributed by atoms with E-state index in [0.717, 1.165) is 4.31 Å². The van der Waals surface area contributed by atoms with E-state index in [1.807, 2.05) is 6.92 Å². The molecule has 178 valence electrons. The van der Waals surface area contributed by atoms with Gasteiger partial charge in [0.25, 0.3) is 15.7 Å². The van der Waals surface area contributed by atoms with E-state index in [1.54, 1.807) is 36.4 Å². The van der Waals surface area contributed by atoms with E-state index in [1.165, 1.54) is 37.3 Å². The molecule has 11 heteroatoms. The summed E-state index contributed by atoms with van der Waals surface area (Å²) in [6.07, 6.45) is 0. The first kappa shape index (κ1) is 25.2. The summed E-state index contributed by atoms with van der Waals surface area (Å²) in [5, 5.41) is 13.8. The molecule has 0 aliphatic rings. The Morgan fingerprint density at radius 1 is 1.09 bits per heavy atom. The van der Waals surface area contributed by atoms with Crippen molar-refractivity contribution in [2.24, 2.45) is 0 Å². The molecular weight excluding hydrogens is 526 g/mol. The van der Waals surface area contributed by atoms with Gasteiger partial charge in [-0.15, -0.1) is 0 Å². The van der Waals surface area contributed by atoms with Crippen LogP contribution in [-0.2, 0) is 14.8 Å². The van der Waals surface area contributed by atoms with Gasteiger partial charge < -0.3 is 10.1 Å². The van der Waals surface area contributed by atoms with Gasteiger partial charge in [-0.2, -0.15) is 0 Å². The Morgan fingerprint density at radius 2 is 1.74 bits per heavy atom. The Kier molecular flexibility index (Phi) is 7.90. The number of nitro benzene ring substituents is 1. The first-order valence-electron chi connectivity index (χ1n) is 10.2. The van der Waals surface area contributed by atoms with Crippen LogP contribution >= 0.6 is 15.9 Å². The number of hydrogen-bond donors (Lipinski definition) is 1. The van der Waals surface area contributed by atoms with Crippen LogP contribution in [0.15, 0.2) is 76.1 Å². The van der Waals surface area contributed by atoms with Gasteiger partial charge in [-0.3, -0.25) is 19.2 Å². The van der Waals surface area contributed by atoms with E-state index in [4.69, 9.17) is 4.74 Å². The highest BCUT2D eigenvalue weighted by Crippen LogP contribution is 2.28. The highest BCUT2D eigenvalue weighted by atomic mass is 79.9. The number of nitrogens with one attached hydrogen (secondary N) is 1. The van der Waals surface area contributed by atoms with Gasteiger partial charge in [-0.25, -0.2) is 8.42 Å². The fraction of sp³-hybridized carbons (Fsp3) is 0.174. The summed E-state index contributed by atoms with van der Waals surface area (Å²) in [4.78, 5) is 23.6. The maximum Gasteiger partial charge on any atom is 0.274 e. The summed E-state index contributed by atoms with van der Waals surface area (Å²) in [6, 6.07) is 16.7. The summed E-state index contributed by atoms with van der Waals surface area (Å²) in [5.74, 6) is -0.0953. The summed E-state index contributed by atoms with van der Waals surface area (Å²) in [5.41, 5.74) is 0.608. The summed E-state index contributed by atoms with van der Waals surface area (Å²) in [6.45, 7) is 3.24. The molecule has 1 amide bonds. The number of carbonyl (C=O) groups excluding carboxylic acids is 1. The Morgan fingerprint density at radius 3 is 2.32 bits per heavy atom. The zero-order valence-electron chi connectivity index (χ0n) is 18.4. The molecule has 0 spiro atoms. The summed E-state index contributed by atoms with van der Waals surface area (Å²) >= 11 is 3.28. The van der Waals surface area contributed by atoms with Gasteiger partial charge in [0.05, 0.1) is 33.4 Å². The first-order valence-corrected chi connectivity index (χ1v) is 12.4. The predicted octanol–water partition coefficient (Wildman–Crippen LogP) is 4.90. The number of sulfonamides is 1. The van der Waals surface area contributed by atoms with E-state index >= 15 is 0 Å². The monoisotopic (exact) mass is 547 g/mol. The molecule has 0 atom stereocenters. The number of rotatable bonds is 9. The summed E-state index contributed by atoms with van der Waals surface area (Å²) in [7, 11) is -4.11. The first-order chi connectivity index (χ1) is 16.1. The average Bonchev–Trinajstić information content (AvgIpc) is 2.80. The van der Waals surface area contributed by atoms with Crippen molar-refractivity contribution in [1.82, 2.24) is 0 Å². The Hall–Kier alpha value is -3.44. The van der Waals surface area contributed by atoms with Crippen molar-refractivity contribution in [3.05, 3.63) is 86.9 Å². The van der Waals surface area contributed by atoms with Gasteiger partial charge in [0.2, 0.25) is 5.91 Å². The molecule has 3 aromatic carbocycles. The Labute approximate surface area is 205 Å². The number of anilines is 2. The van der Waals surface area contributed by atoms with Gasteiger partial charge in [0, 0.05) is 10.5 Å². The lowest BCUT2D eigenvalue weighted by atomic mass is 10.1. The highest BCUT2D eigenvalue weighted by Gasteiger charge is 2.28. The number of ether oxygens (including phenoxy) is 1. The van der Waals surface area contributed by atoms with Gasteiger partial charge in [-0.05, 0) is 68.4 Å². The van der Waals surface area contributed by atoms with E-state index in [0.29, 0.717) is 16.8 Å². The average molecular weight is 548 g/mol. The molecule has 34 heavy (non-hydrogen) atoms. The zero-order chi connectivity index (χ0) is 24.9. The van der Waals surface area contributed by atoms with Crippen molar-refractivity contribution in [3.63, 3.8) is 0 Å². The maximum atomic E-state index is 13.5. The molecule has 0 heterocycles. The highest BCUT2D eigenvalue weighted by molar-refractivity contribution is 9.10. The van der Waals surface area contributed by atoms with Crippen molar-refractivity contribution >= 4 is 48.9 Å². The van der Waals surface area contributed by atoms with Crippen molar-refractivity contribution in [3.8, 4) is 5.75 Å². The van der Waals surface area contributed by atoms with E-state index in [-0.39, 0.29) is 27.5 Å². The number of benzene rings is 3. The van der Waals surface area contributed by atoms with E-state index in [9.17, 15) is 23.3 Å². The summed E-state index contributed by atoms with van der Waals surface area (Å²) < 4.78 is 34.0. The molecular formula is C23H22BrN3O6S. The molecule has 0 aliphatic heterocycles. The van der Waals surface area contributed by atoms with Crippen molar-refractivity contribution < 1.29 is 22.9 Å². The Bertz CT molecular complexity index is 1300. The molecule has 3 rings (SSSR count). The quantitative estimate of drug-likeness (QED) is 0.300. The van der Waals surface area contributed by atoms with Crippen LogP contribution in [0.2, 0.25) is 0 Å². The van der Waals surface area contributed by atoms with Gasteiger partial charge in [0.1, 0.15) is 12.3 Å². The topological polar surface area (TPSA) is 119 Å². The van der Waals surface area contributed by atoms with Crippen LogP contribution in [0.25, 0.3) is 0 Å². The molecule has 0 fully saturated rings. The molecule has 3 aromatic rings. The number of nitro groups is 1. The molecule has 0 radical (unpaired) electrons. The predicted molar refractivity (Wildman–Crippen MR) is 133 cm³/mol. The fourth-order valence-electron chi connectivity index (χ4n) is 3.20. The molecule has 0 bridgehead atoms. The molecule has 0 saturated heterocycles. The minimum absolute atomic E-state index is 0.00362. The standard InChI is InChI=1S/C23H22BrN3O6S/c1-3-33-19-11-9-18(10-12-19)26(34(31,32)20-13-7-17(24)8-14-20)15-23(28)25-21-5-4-6-22(16(21)2)27(29)30/h4-14H,3,15H2,1-2H3,(H,25,28). The number of carbonyl (C=O) groups is 1. The van der Waals surface area contributed by atoms with E-state index in [2.05, 4.69) is 21.2 Å². The van der Waals surface area contributed by atoms with Gasteiger partial charge >= 0.3 is 0 Å². The smallest absolute Gasteiger partial charge is 0.274 e. The second kappa shape index (κ2) is 10.7. The SMILES string of the molecule is CCOc1ccc(N(CC(=O)Nc2cccc([N+](=O)[O-])c2C)S(=O)(=O)c2ccc(Br)cc2)cc1. The van der Waals surface area contributed by atoms with Crippen LogP contribution in [0.4, 0.5) is 17.1 Å². The lowest BCUT2D eigenvalue weighted by Gasteiger charge is -2.24. The molecule has 0 saturated carbocycles. The van der Waals surface area contributed by atoms with Crippen LogP contribution in [0, 0.1) is 17.0 Å². The zero-order valence-corrected chi connectivity index (χ0v) is 20.8. The van der Waals surface area contributed by atoms with Crippen molar-refractivity contribution in [2.45, 2.75) is 18.7 Å². The molecule has 0 aliphatic carbocycles. The molecule has 0 unspecified atom stereocenters. The molecule has 0 aromatic heterocycles. The van der Waals surface area contributed by atoms with Crippen LogP contribution < -0.4 is 14.4 Å². The minimum Gasteiger partial charge on any atom is -0.494 e. The van der Waals surface area contributed by atoms with Crippen LogP contribution in [0.3, 0.4) is 0 Å².